The van der Waals surface area contributed by atoms with Gasteiger partial charge in [-0.3, -0.25) is 0 Å². The van der Waals surface area contributed by atoms with E-state index < -0.39 is 7.80 Å². The number of aryl methyl sites for hydroxylation is 1. The maximum Gasteiger partial charge on any atom is 0.0804 e. The first-order chi connectivity index (χ1) is 6.72. The molecule has 0 bridgehead atoms. The van der Waals surface area contributed by atoms with Crippen molar-refractivity contribution in [1.29, 1.82) is 0 Å². The molecule has 1 nitrogen and oxygen atoms in total. The van der Waals surface area contributed by atoms with Gasteiger partial charge in [-0.2, -0.15) is 0 Å². The minimum absolute atomic E-state index is 0.783. The maximum atomic E-state index is 11.6. The molecule has 0 aliphatic rings. The monoisotopic (exact) mass is 210 g/mol. The molecule has 0 saturated carbocycles. The number of hydrogen-bond donors (Lipinski definition) is 0. The van der Waals surface area contributed by atoms with E-state index in [2.05, 4.69) is 38.1 Å². The van der Waals surface area contributed by atoms with Gasteiger partial charge in [-0.25, -0.2) is 0 Å². The molecule has 0 saturated heterocycles. The lowest BCUT2D eigenvalue weighted by Crippen LogP contribution is -1.84. The van der Waals surface area contributed by atoms with E-state index in [4.69, 9.17) is 0 Å². The molecular weight excluding hydrogens is 191 g/mol. The Labute approximate surface area is 87.3 Å². The van der Waals surface area contributed by atoms with Gasteiger partial charge in [-0.15, -0.1) is 0 Å². The minimum Gasteiger partial charge on any atom is -0.326 e. The molecule has 0 spiro atoms. The van der Waals surface area contributed by atoms with Crippen molar-refractivity contribution in [3.05, 3.63) is 35.4 Å². The first-order valence-corrected chi connectivity index (χ1v) is 7.12. The molecule has 1 aromatic rings. The summed E-state index contributed by atoms with van der Waals surface area (Å²) >= 11 is 0. The Bertz CT molecular complexity index is 290. The second kappa shape index (κ2) is 6.03. The Hall–Kier alpha value is -0.550. The van der Waals surface area contributed by atoms with Crippen molar-refractivity contribution in [2.45, 2.75) is 32.9 Å². The molecule has 2 heteroatoms. The Morgan fingerprint density at radius 3 is 2.43 bits per heavy atom. The summed E-state index contributed by atoms with van der Waals surface area (Å²) in [6, 6.07) is 8.35. The van der Waals surface area contributed by atoms with E-state index in [0.717, 1.165) is 25.2 Å². The van der Waals surface area contributed by atoms with Crippen LogP contribution in [0.2, 0.25) is 0 Å². The number of benzene rings is 1. The zero-order valence-corrected chi connectivity index (χ0v) is 10.0. The predicted molar refractivity (Wildman–Crippen MR) is 63.7 cm³/mol. The van der Waals surface area contributed by atoms with Crippen LogP contribution in [0.15, 0.2) is 24.3 Å². The van der Waals surface area contributed by atoms with Crippen LogP contribution in [0.4, 0.5) is 0 Å². The molecule has 0 N–H and O–H groups in total. The van der Waals surface area contributed by atoms with E-state index in [0.29, 0.717) is 0 Å². The van der Waals surface area contributed by atoms with E-state index in [1.165, 1.54) is 11.1 Å². The van der Waals surface area contributed by atoms with Gasteiger partial charge in [0.25, 0.3) is 0 Å². The van der Waals surface area contributed by atoms with E-state index in [9.17, 15) is 4.57 Å². The van der Waals surface area contributed by atoms with Gasteiger partial charge in [0.15, 0.2) is 0 Å². The first kappa shape index (κ1) is 11.5. The predicted octanol–water partition coefficient (Wildman–Crippen LogP) is 3.85. The number of rotatable bonds is 5. The molecule has 78 valence electrons. The summed E-state index contributed by atoms with van der Waals surface area (Å²) < 4.78 is 11.6. The molecule has 14 heavy (non-hydrogen) atoms. The van der Waals surface area contributed by atoms with Crippen LogP contribution in [-0.2, 0) is 10.7 Å². The van der Waals surface area contributed by atoms with Crippen molar-refractivity contribution in [3.8, 4) is 0 Å². The molecule has 1 aromatic carbocycles. The zero-order chi connectivity index (χ0) is 10.4. The molecule has 0 amide bonds. The highest BCUT2D eigenvalue weighted by Crippen LogP contribution is 2.27. The summed E-state index contributed by atoms with van der Waals surface area (Å²) in [7, 11) is -1.37. The highest BCUT2D eigenvalue weighted by molar-refractivity contribution is 7.43. The quantitative estimate of drug-likeness (QED) is 0.674. The van der Waals surface area contributed by atoms with Gasteiger partial charge in [0.05, 0.1) is 7.80 Å². The highest BCUT2D eigenvalue weighted by atomic mass is 31.1. The van der Waals surface area contributed by atoms with Gasteiger partial charge in [-0.05, 0) is 25.1 Å². The maximum absolute atomic E-state index is 11.6. The summed E-state index contributed by atoms with van der Waals surface area (Å²) in [5.74, 6) is 0. The molecule has 0 aromatic heterocycles. The van der Waals surface area contributed by atoms with Crippen LogP contribution >= 0.6 is 7.80 Å². The van der Waals surface area contributed by atoms with Crippen molar-refractivity contribution >= 4 is 7.80 Å². The van der Waals surface area contributed by atoms with Crippen LogP contribution in [0.5, 0.6) is 0 Å². The van der Waals surface area contributed by atoms with Crippen molar-refractivity contribution < 1.29 is 4.57 Å². The number of hydrogen-bond acceptors (Lipinski definition) is 1. The summed E-state index contributed by atoms with van der Waals surface area (Å²) in [5, 5.41) is 0. The topological polar surface area (TPSA) is 17.1 Å². The number of unbranched alkanes of at least 4 members (excludes halogenated alkanes) is 1. The largest absolute Gasteiger partial charge is 0.326 e. The lowest BCUT2D eigenvalue weighted by atomic mass is 10.2. The zero-order valence-electron chi connectivity index (χ0n) is 9.05. The Balaban J connectivity index is 2.44. The fraction of sp³-hybridized carbons (Fsp3) is 0.500. The Morgan fingerprint density at radius 2 is 1.86 bits per heavy atom. The van der Waals surface area contributed by atoms with Gasteiger partial charge in [0, 0.05) is 6.16 Å². The van der Waals surface area contributed by atoms with Crippen molar-refractivity contribution in [1.82, 2.24) is 0 Å². The van der Waals surface area contributed by atoms with Crippen LogP contribution in [0.3, 0.4) is 0 Å². The average Bonchev–Trinajstić information content (AvgIpc) is 2.18. The molecule has 1 unspecified atom stereocenters. The second-order valence-electron chi connectivity index (χ2n) is 3.80. The first-order valence-electron chi connectivity index (χ1n) is 5.29. The SMILES string of the molecule is CCCC[PH](=O)Cc1ccc(C)cc1. The third-order valence-electron chi connectivity index (χ3n) is 2.33. The van der Waals surface area contributed by atoms with Gasteiger partial charge >= 0.3 is 0 Å². The Morgan fingerprint density at radius 1 is 1.21 bits per heavy atom. The Kier molecular flexibility index (Phi) is 4.97. The molecule has 1 atom stereocenters. The fourth-order valence-electron chi connectivity index (χ4n) is 1.40. The highest BCUT2D eigenvalue weighted by Gasteiger charge is 2.00. The lowest BCUT2D eigenvalue weighted by molar-refractivity contribution is 0.585. The molecule has 0 radical (unpaired) electrons. The van der Waals surface area contributed by atoms with Gasteiger partial charge in [-0.1, -0.05) is 43.2 Å². The van der Waals surface area contributed by atoms with Gasteiger partial charge in [0.2, 0.25) is 0 Å². The summed E-state index contributed by atoms with van der Waals surface area (Å²) in [6.07, 6.45) is 3.94. The third kappa shape index (κ3) is 4.11. The lowest BCUT2D eigenvalue weighted by Gasteiger charge is -2.02. The van der Waals surface area contributed by atoms with Crippen LogP contribution in [0, 0.1) is 6.92 Å². The molecule has 0 heterocycles. The standard InChI is InChI=1S/C12H19OP/c1-3-4-9-14(13)10-12-7-5-11(2)6-8-12/h5-8,14H,3-4,9-10H2,1-2H3. The molecule has 0 aliphatic carbocycles. The minimum atomic E-state index is -1.37. The molecule has 1 rings (SSSR count). The molecular formula is C12H19OP. The third-order valence-corrected chi connectivity index (χ3v) is 4.04. The van der Waals surface area contributed by atoms with Gasteiger partial charge < -0.3 is 4.57 Å². The summed E-state index contributed by atoms with van der Waals surface area (Å²) in [6.45, 7) is 4.21. The molecule has 0 fully saturated rings. The van der Waals surface area contributed by atoms with E-state index >= 15 is 0 Å². The average molecular weight is 210 g/mol. The van der Waals surface area contributed by atoms with E-state index in [1.54, 1.807) is 0 Å². The fourth-order valence-corrected chi connectivity index (χ4v) is 3.01. The van der Waals surface area contributed by atoms with Crippen molar-refractivity contribution in [3.63, 3.8) is 0 Å². The van der Waals surface area contributed by atoms with Crippen LogP contribution < -0.4 is 0 Å². The van der Waals surface area contributed by atoms with Crippen LogP contribution in [0.1, 0.15) is 30.9 Å². The normalized spacial score (nSPS) is 12.7. The van der Waals surface area contributed by atoms with E-state index in [1.807, 2.05) is 0 Å². The van der Waals surface area contributed by atoms with Crippen molar-refractivity contribution in [2.75, 3.05) is 6.16 Å². The van der Waals surface area contributed by atoms with Crippen LogP contribution in [0.25, 0.3) is 0 Å². The smallest absolute Gasteiger partial charge is 0.0804 e. The summed E-state index contributed by atoms with van der Waals surface area (Å²) in [5.41, 5.74) is 2.48. The molecule has 0 aliphatic heterocycles. The van der Waals surface area contributed by atoms with Crippen LogP contribution in [-0.4, -0.2) is 6.16 Å². The van der Waals surface area contributed by atoms with E-state index in [-0.39, 0.29) is 0 Å². The van der Waals surface area contributed by atoms with Crippen molar-refractivity contribution in [2.24, 2.45) is 0 Å². The van der Waals surface area contributed by atoms with Gasteiger partial charge in [0.1, 0.15) is 0 Å². The summed E-state index contributed by atoms with van der Waals surface area (Å²) in [4.78, 5) is 0. The second-order valence-corrected chi connectivity index (χ2v) is 5.74.